The van der Waals surface area contributed by atoms with Crippen LogP contribution in [0.2, 0.25) is 0 Å². The van der Waals surface area contributed by atoms with E-state index < -0.39 is 17.5 Å². The molecule has 0 bridgehead atoms. The van der Waals surface area contributed by atoms with E-state index in [0.717, 1.165) is 0 Å². The summed E-state index contributed by atoms with van der Waals surface area (Å²) in [6.45, 7) is 24.8. The minimum Gasteiger partial charge on any atom is -0.509 e. The van der Waals surface area contributed by atoms with Crippen LogP contribution in [0.4, 0.5) is 13.2 Å². The molecule has 30 heavy (non-hydrogen) atoms. The van der Waals surface area contributed by atoms with Gasteiger partial charge < -0.3 is 9.84 Å². The van der Waals surface area contributed by atoms with Crippen molar-refractivity contribution in [3.05, 3.63) is 109 Å². The van der Waals surface area contributed by atoms with Crippen LogP contribution in [-0.2, 0) is 4.74 Å². The molecule has 0 aromatic heterocycles. The number of rotatable bonds is 13. The van der Waals surface area contributed by atoms with Crippen LogP contribution < -0.4 is 0 Å². The van der Waals surface area contributed by atoms with Gasteiger partial charge in [-0.1, -0.05) is 59.4 Å². The first-order valence-corrected chi connectivity index (χ1v) is 9.31. The van der Waals surface area contributed by atoms with E-state index in [1.165, 1.54) is 25.3 Å². The van der Waals surface area contributed by atoms with Crippen LogP contribution in [0, 0.1) is 11.8 Å². The Morgan fingerprint density at radius 1 is 0.900 bits per heavy atom. The fourth-order valence-electron chi connectivity index (χ4n) is 2.27. The molecule has 164 valence electrons. The molecule has 0 aromatic rings. The van der Waals surface area contributed by atoms with E-state index >= 15 is 0 Å². The van der Waals surface area contributed by atoms with Crippen LogP contribution in [0.15, 0.2) is 109 Å². The van der Waals surface area contributed by atoms with Crippen molar-refractivity contribution in [1.29, 1.82) is 0 Å². The van der Waals surface area contributed by atoms with Gasteiger partial charge in [-0.05, 0) is 53.5 Å². The van der Waals surface area contributed by atoms with Gasteiger partial charge in [0.25, 0.3) is 0 Å². The zero-order chi connectivity index (χ0) is 23.6. The molecule has 0 heterocycles. The number of hydrogen-bond donors (Lipinski definition) is 1. The maximum absolute atomic E-state index is 14.5. The summed E-state index contributed by atoms with van der Waals surface area (Å²) < 4.78 is 47.5. The van der Waals surface area contributed by atoms with Crippen molar-refractivity contribution < 1.29 is 23.0 Å². The molecular formula is C25H31F3O2. The van der Waals surface area contributed by atoms with E-state index in [1.807, 2.05) is 6.92 Å². The predicted molar refractivity (Wildman–Crippen MR) is 120 cm³/mol. The molecule has 0 aromatic carbocycles. The molecule has 2 unspecified atom stereocenters. The van der Waals surface area contributed by atoms with E-state index in [9.17, 15) is 13.2 Å². The van der Waals surface area contributed by atoms with E-state index in [1.54, 1.807) is 6.92 Å². The second-order valence-corrected chi connectivity index (χ2v) is 7.06. The lowest BCUT2D eigenvalue weighted by Crippen LogP contribution is -2.05. The second-order valence-electron chi connectivity index (χ2n) is 7.06. The minimum atomic E-state index is -1.16. The molecule has 0 saturated heterocycles. The lowest BCUT2D eigenvalue weighted by Gasteiger charge is -2.18. The van der Waals surface area contributed by atoms with Crippen molar-refractivity contribution in [3.8, 4) is 0 Å². The lowest BCUT2D eigenvalue weighted by molar-refractivity contribution is 0.285. The summed E-state index contributed by atoms with van der Waals surface area (Å²) in [4.78, 5) is 0. The number of ether oxygens (including phenoxy) is 1. The zero-order valence-electron chi connectivity index (χ0n) is 18.0. The molecule has 0 saturated carbocycles. The number of allylic oxidation sites excluding steroid dienone is 10. The van der Waals surface area contributed by atoms with Crippen molar-refractivity contribution >= 4 is 0 Å². The molecule has 2 nitrogen and oxygen atoms in total. The lowest BCUT2D eigenvalue weighted by atomic mass is 9.88. The predicted octanol–water partition coefficient (Wildman–Crippen LogP) is 8.06. The molecule has 5 heteroatoms. The van der Waals surface area contributed by atoms with Gasteiger partial charge in [0.2, 0.25) is 0 Å². The summed E-state index contributed by atoms with van der Waals surface area (Å²) in [6, 6.07) is 0. The number of halogens is 3. The monoisotopic (exact) mass is 420 g/mol. The van der Waals surface area contributed by atoms with Crippen molar-refractivity contribution in [2.45, 2.75) is 26.7 Å². The molecule has 0 fully saturated rings. The average molecular weight is 421 g/mol. The maximum Gasteiger partial charge on any atom is 0.166 e. The molecule has 0 spiro atoms. The van der Waals surface area contributed by atoms with E-state index in [0.29, 0.717) is 18.4 Å². The number of aliphatic hydroxyl groups is 1. The van der Waals surface area contributed by atoms with Gasteiger partial charge in [-0.15, -0.1) is 0 Å². The number of aliphatic hydroxyl groups excluding tert-OH is 1. The average Bonchev–Trinajstić information content (AvgIpc) is 2.72. The fraction of sp³-hybridized carbons (Fsp3) is 0.280. The van der Waals surface area contributed by atoms with Gasteiger partial charge in [0.1, 0.15) is 11.5 Å². The van der Waals surface area contributed by atoms with Gasteiger partial charge in [-0.25, -0.2) is 13.2 Å². The molecular weight excluding hydrogens is 389 g/mol. The van der Waals surface area contributed by atoms with Crippen molar-refractivity contribution in [3.63, 3.8) is 0 Å². The first kappa shape index (κ1) is 27.0. The topological polar surface area (TPSA) is 29.5 Å². The maximum atomic E-state index is 14.5. The third-order valence-corrected chi connectivity index (χ3v) is 4.69. The third-order valence-electron chi connectivity index (χ3n) is 4.69. The number of methoxy groups -OCH3 is 1. The zero-order valence-corrected chi connectivity index (χ0v) is 18.0. The highest BCUT2D eigenvalue weighted by Gasteiger charge is 2.20. The quantitative estimate of drug-likeness (QED) is 0.241. The van der Waals surface area contributed by atoms with E-state index in [-0.39, 0.29) is 40.1 Å². The summed E-state index contributed by atoms with van der Waals surface area (Å²) >= 11 is 0. The Labute approximate surface area is 178 Å². The van der Waals surface area contributed by atoms with E-state index in [4.69, 9.17) is 9.84 Å². The molecule has 0 rings (SSSR count). The highest BCUT2D eigenvalue weighted by atomic mass is 19.2. The Morgan fingerprint density at radius 2 is 1.43 bits per heavy atom. The summed E-state index contributed by atoms with van der Waals surface area (Å²) in [7, 11) is 1.32. The molecule has 0 aliphatic carbocycles. The SMILES string of the molecule is C=C(O)/C=C\C(=C)C(=C)/C(F)=C(/F)C(=C)C(C)CCC(C)C(=C)/C=C(/F)C(=C)OC. The Balaban J connectivity index is 5.08. The summed E-state index contributed by atoms with van der Waals surface area (Å²) in [5.41, 5.74) is 0.366. The van der Waals surface area contributed by atoms with Gasteiger partial charge in [-0.3, -0.25) is 0 Å². The van der Waals surface area contributed by atoms with Gasteiger partial charge in [0.15, 0.2) is 17.5 Å². The molecule has 0 radical (unpaired) electrons. The summed E-state index contributed by atoms with van der Waals surface area (Å²) in [5, 5.41) is 9.04. The van der Waals surface area contributed by atoms with Crippen molar-refractivity contribution in [2.75, 3.05) is 7.11 Å². The smallest absolute Gasteiger partial charge is 0.166 e. The first-order chi connectivity index (χ1) is 13.8. The van der Waals surface area contributed by atoms with Gasteiger partial charge >= 0.3 is 0 Å². The fourth-order valence-corrected chi connectivity index (χ4v) is 2.27. The molecule has 1 N–H and O–H groups in total. The van der Waals surface area contributed by atoms with Crippen LogP contribution in [0.1, 0.15) is 26.7 Å². The Morgan fingerprint density at radius 3 is 1.93 bits per heavy atom. The van der Waals surface area contributed by atoms with Crippen LogP contribution in [0.25, 0.3) is 0 Å². The van der Waals surface area contributed by atoms with Crippen LogP contribution in [0.5, 0.6) is 0 Å². The van der Waals surface area contributed by atoms with Crippen LogP contribution in [0.3, 0.4) is 0 Å². The normalized spacial score (nSPS) is 14.5. The molecule has 0 aliphatic heterocycles. The first-order valence-electron chi connectivity index (χ1n) is 9.31. The Bertz CT molecular complexity index is 825. The van der Waals surface area contributed by atoms with Gasteiger partial charge in [0, 0.05) is 5.57 Å². The van der Waals surface area contributed by atoms with Crippen LogP contribution in [-0.4, -0.2) is 12.2 Å². The highest BCUT2D eigenvalue weighted by Crippen LogP contribution is 2.32. The van der Waals surface area contributed by atoms with Crippen LogP contribution >= 0.6 is 0 Å². The second kappa shape index (κ2) is 12.6. The van der Waals surface area contributed by atoms with Gasteiger partial charge in [0.05, 0.1) is 7.11 Å². The molecule has 2 atom stereocenters. The Hall–Kier alpha value is -2.95. The number of hydrogen-bond acceptors (Lipinski definition) is 2. The third kappa shape index (κ3) is 8.60. The summed E-state index contributed by atoms with van der Waals surface area (Å²) in [6.07, 6.45) is 4.77. The largest absolute Gasteiger partial charge is 0.509 e. The molecule has 0 amide bonds. The van der Waals surface area contributed by atoms with E-state index in [2.05, 4.69) is 39.5 Å². The summed E-state index contributed by atoms with van der Waals surface area (Å²) in [5.74, 6) is -3.68. The minimum absolute atomic E-state index is 0.00991. The Kier molecular flexibility index (Phi) is 11.3. The standard InChI is InChI=1S/C25H31F3O2/c1-15(18(4)14-23(26)22(8)30-9)10-11-16(2)20(6)24(27)25(28)21(7)17(3)12-13-19(5)29/h12-16,29H,3-8,10-11H2,1-2,9H3/b13-12-,23-14+,25-24-. The molecule has 0 aliphatic rings. The van der Waals surface area contributed by atoms with Crippen molar-refractivity contribution in [1.82, 2.24) is 0 Å². The van der Waals surface area contributed by atoms with Gasteiger partial charge in [-0.2, -0.15) is 0 Å². The highest BCUT2D eigenvalue weighted by molar-refractivity contribution is 5.50. The van der Waals surface area contributed by atoms with Crippen molar-refractivity contribution in [2.24, 2.45) is 11.8 Å².